The van der Waals surface area contributed by atoms with Crippen molar-refractivity contribution >= 4 is 18.1 Å². The average molecular weight is 181 g/mol. The fourth-order valence-corrected chi connectivity index (χ4v) is 0.621. The molecule has 1 aromatic carbocycles. The van der Waals surface area contributed by atoms with Crippen LogP contribution in [0.25, 0.3) is 0 Å². The summed E-state index contributed by atoms with van der Waals surface area (Å²) in [5.41, 5.74) is 3.64. The van der Waals surface area contributed by atoms with E-state index in [0.717, 1.165) is 0 Å². The van der Waals surface area contributed by atoms with E-state index in [2.05, 4.69) is 5.43 Å². The molecular formula is C6H7ClF2N2. The summed E-state index contributed by atoms with van der Waals surface area (Å²) >= 11 is 0. The van der Waals surface area contributed by atoms with Crippen molar-refractivity contribution in [3.63, 3.8) is 0 Å². The number of rotatable bonds is 2. The van der Waals surface area contributed by atoms with Gasteiger partial charge in [-0.2, -0.15) is 0 Å². The summed E-state index contributed by atoms with van der Waals surface area (Å²) in [6.45, 7) is 0. The predicted octanol–water partition coefficient (Wildman–Crippen LogP) is 2.05. The van der Waals surface area contributed by atoms with Gasteiger partial charge in [-0.25, -0.2) is 4.39 Å². The number of hydrogen-bond donors (Lipinski definition) is 2. The van der Waals surface area contributed by atoms with Gasteiger partial charge in [-0.15, -0.1) is 16.9 Å². The highest BCUT2D eigenvalue weighted by Crippen LogP contribution is 2.06. The minimum Gasteiger partial charge on any atom is -0.295 e. The topological polar surface area (TPSA) is 24.1 Å². The fraction of sp³-hybridized carbons (Fsp3) is 0. The lowest BCUT2D eigenvalue weighted by molar-refractivity contribution is 0.376. The molecule has 5 heteroatoms. The predicted molar refractivity (Wildman–Crippen MR) is 41.5 cm³/mol. The quantitative estimate of drug-likeness (QED) is 0.538. The Balaban J connectivity index is 0.000001000. The second kappa shape index (κ2) is 4.87. The van der Waals surface area contributed by atoms with Crippen LogP contribution < -0.4 is 11.1 Å². The molecule has 0 unspecified atom stereocenters. The lowest BCUT2D eigenvalue weighted by Crippen LogP contribution is -2.09. The van der Waals surface area contributed by atoms with E-state index in [1.54, 1.807) is 0 Å². The van der Waals surface area contributed by atoms with E-state index in [1.807, 2.05) is 0 Å². The number of nitrogens with one attached hydrogen (secondary N) is 2. The number of hydrazine groups is 1. The molecule has 0 radical (unpaired) electrons. The summed E-state index contributed by atoms with van der Waals surface area (Å²) in [5.74, 6) is -0.403. The Kier molecular flexibility index (Phi) is 4.49. The van der Waals surface area contributed by atoms with Crippen LogP contribution in [-0.4, -0.2) is 0 Å². The van der Waals surface area contributed by atoms with Gasteiger partial charge in [-0.3, -0.25) is 5.43 Å². The number of halogens is 3. The first-order valence-corrected chi connectivity index (χ1v) is 2.70. The van der Waals surface area contributed by atoms with Crippen molar-refractivity contribution in [1.29, 1.82) is 0 Å². The van der Waals surface area contributed by atoms with E-state index < -0.39 is 5.82 Å². The van der Waals surface area contributed by atoms with Crippen molar-refractivity contribution in [3.05, 3.63) is 30.1 Å². The maximum absolute atomic E-state index is 12.3. The monoisotopic (exact) mass is 180 g/mol. The third kappa shape index (κ3) is 3.15. The number of hydrogen-bond acceptors (Lipinski definition) is 2. The first kappa shape index (κ1) is 10.1. The van der Waals surface area contributed by atoms with Gasteiger partial charge in [0.25, 0.3) is 0 Å². The van der Waals surface area contributed by atoms with Crippen molar-refractivity contribution < 1.29 is 8.87 Å². The SMILES string of the molecule is Cl.FNNc1cccc(F)c1. The maximum Gasteiger partial charge on any atom is 0.125 e. The molecule has 0 aliphatic heterocycles. The van der Waals surface area contributed by atoms with Crippen molar-refractivity contribution in [2.24, 2.45) is 0 Å². The molecule has 0 atom stereocenters. The van der Waals surface area contributed by atoms with Crippen molar-refractivity contribution in [1.82, 2.24) is 5.65 Å². The van der Waals surface area contributed by atoms with Crippen molar-refractivity contribution in [2.45, 2.75) is 0 Å². The molecule has 0 saturated carbocycles. The highest BCUT2D eigenvalue weighted by molar-refractivity contribution is 5.85. The van der Waals surface area contributed by atoms with Gasteiger partial charge in [0.05, 0.1) is 5.69 Å². The van der Waals surface area contributed by atoms with Crippen LogP contribution in [0, 0.1) is 5.82 Å². The van der Waals surface area contributed by atoms with Crippen molar-refractivity contribution in [2.75, 3.05) is 5.43 Å². The molecule has 0 saturated heterocycles. The Morgan fingerprint density at radius 1 is 1.27 bits per heavy atom. The van der Waals surface area contributed by atoms with Gasteiger partial charge in [0.2, 0.25) is 0 Å². The lowest BCUT2D eigenvalue weighted by Gasteiger charge is -1.99. The summed E-state index contributed by atoms with van der Waals surface area (Å²) in [7, 11) is 0. The molecule has 0 aliphatic rings. The second-order valence-corrected chi connectivity index (χ2v) is 1.73. The summed E-state index contributed by atoms with van der Waals surface area (Å²) in [6.07, 6.45) is 0. The molecule has 0 spiro atoms. The van der Waals surface area contributed by atoms with Gasteiger partial charge in [0, 0.05) is 0 Å². The molecule has 62 valence electrons. The van der Waals surface area contributed by atoms with E-state index >= 15 is 0 Å². The fourth-order valence-electron chi connectivity index (χ4n) is 0.621. The average Bonchev–Trinajstić information content (AvgIpc) is 1.88. The summed E-state index contributed by atoms with van der Waals surface area (Å²) in [4.78, 5) is 0. The zero-order valence-electron chi connectivity index (χ0n) is 5.47. The van der Waals surface area contributed by atoms with E-state index in [1.165, 1.54) is 29.9 Å². The van der Waals surface area contributed by atoms with Gasteiger partial charge in [-0.1, -0.05) is 11.7 Å². The van der Waals surface area contributed by atoms with E-state index in [-0.39, 0.29) is 12.4 Å². The third-order valence-electron chi connectivity index (χ3n) is 1.02. The maximum atomic E-state index is 12.3. The first-order valence-electron chi connectivity index (χ1n) is 2.70. The van der Waals surface area contributed by atoms with Crippen LogP contribution >= 0.6 is 12.4 Å². The van der Waals surface area contributed by atoms with Crippen LogP contribution in [0.3, 0.4) is 0 Å². The Labute approximate surface area is 68.9 Å². The normalized spacial score (nSPS) is 8.55. The standard InChI is InChI=1S/C6H6F2N2.ClH/c7-5-2-1-3-6(4-5)9-10-8;/h1-4,9-10H;1H. The van der Waals surface area contributed by atoms with Crippen LogP contribution in [0.5, 0.6) is 0 Å². The Morgan fingerprint density at radius 3 is 2.55 bits per heavy atom. The smallest absolute Gasteiger partial charge is 0.125 e. The van der Waals surface area contributed by atoms with Crippen LogP contribution in [0.4, 0.5) is 14.6 Å². The third-order valence-corrected chi connectivity index (χ3v) is 1.02. The largest absolute Gasteiger partial charge is 0.295 e. The lowest BCUT2D eigenvalue weighted by atomic mass is 10.3. The molecule has 2 N–H and O–H groups in total. The molecule has 0 heterocycles. The Morgan fingerprint density at radius 2 is 2.00 bits per heavy atom. The van der Waals surface area contributed by atoms with Crippen molar-refractivity contribution in [3.8, 4) is 0 Å². The molecule has 0 aliphatic carbocycles. The van der Waals surface area contributed by atoms with Gasteiger partial charge in [0.1, 0.15) is 5.82 Å². The van der Waals surface area contributed by atoms with Crippen LogP contribution in [0.2, 0.25) is 0 Å². The summed E-state index contributed by atoms with van der Waals surface area (Å²) < 4.78 is 23.6. The van der Waals surface area contributed by atoms with E-state index in [0.29, 0.717) is 5.69 Å². The molecule has 11 heavy (non-hydrogen) atoms. The first-order chi connectivity index (χ1) is 4.83. The molecule has 0 fully saturated rings. The Bertz CT molecular complexity index is 219. The van der Waals surface area contributed by atoms with Crippen LogP contribution in [0.1, 0.15) is 0 Å². The molecule has 0 bridgehead atoms. The number of anilines is 1. The van der Waals surface area contributed by atoms with Gasteiger partial charge >= 0.3 is 0 Å². The highest BCUT2D eigenvalue weighted by Gasteiger charge is 1.90. The minimum absolute atomic E-state index is 0. The van der Waals surface area contributed by atoms with Gasteiger partial charge < -0.3 is 0 Å². The van der Waals surface area contributed by atoms with Gasteiger partial charge in [-0.05, 0) is 18.2 Å². The molecule has 2 nitrogen and oxygen atoms in total. The molecule has 1 rings (SSSR count). The van der Waals surface area contributed by atoms with Crippen LogP contribution in [-0.2, 0) is 0 Å². The summed E-state index contributed by atoms with van der Waals surface area (Å²) in [5, 5.41) is 0. The van der Waals surface area contributed by atoms with Gasteiger partial charge in [0.15, 0.2) is 0 Å². The number of benzene rings is 1. The second-order valence-electron chi connectivity index (χ2n) is 1.73. The Hall–Kier alpha value is -0.870. The summed E-state index contributed by atoms with van der Waals surface area (Å²) in [6, 6.07) is 5.47. The zero-order valence-corrected chi connectivity index (χ0v) is 6.29. The molecular weight excluding hydrogens is 174 g/mol. The molecule has 0 aromatic heterocycles. The molecule has 0 amide bonds. The van der Waals surface area contributed by atoms with Crippen LogP contribution in [0.15, 0.2) is 24.3 Å². The highest BCUT2D eigenvalue weighted by atomic mass is 35.5. The molecule has 1 aromatic rings. The minimum atomic E-state index is -0.403. The van der Waals surface area contributed by atoms with E-state index in [9.17, 15) is 8.87 Å². The zero-order chi connectivity index (χ0) is 7.40. The van der Waals surface area contributed by atoms with E-state index in [4.69, 9.17) is 0 Å².